The Morgan fingerprint density at radius 2 is 1.96 bits per heavy atom. The third-order valence-corrected chi connectivity index (χ3v) is 4.68. The molecule has 0 unspecified atom stereocenters. The fourth-order valence-corrected chi connectivity index (χ4v) is 3.31. The summed E-state index contributed by atoms with van der Waals surface area (Å²) in [5.41, 5.74) is 3.86. The van der Waals surface area contributed by atoms with Crippen LogP contribution in [-0.4, -0.2) is 24.5 Å². The third-order valence-electron chi connectivity index (χ3n) is 4.09. The number of H-pyrrole nitrogens is 2. The van der Waals surface area contributed by atoms with Gasteiger partial charge in [-0.05, 0) is 36.8 Å². The first-order valence-electron chi connectivity index (χ1n) is 8.02. The zero-order valence-electron chi connectivity index (χ0n) is 13.9. The van der Waals surface area contributed by atoms with Gasteiger partial charge in [-0.3, -0.25) is 4.57 Å². The van der Waals surface area contributed by atoms with Crippen molar-refractivity contribution in [3.05, 3.63) is 79.8 Å². The molecule has 3 aromatic heterocycles. The van der Waals surface area contributed by atoms with Crippen molar-refractivity contribution in [2.75, 3.05) is 0 Å². The number of rotatable bonds is 4. The van der Waals surface area contributed by atoms with Gasteiger partial charge in [0.1, 0.15) is 5.82 Å². The first kappa shape index (κ1) is 16.9. The predicted octanol–water partition coefficient (Wildman–Crippen LogP) is 3.70. The molecule has 0 spiro atoms. The molecule has 4 aromatic rings. The molecular formula is C18H15Cl2N5O. The van der Waals surface area contributed by atoms with Crippen molar-refractivity contribution >= 4 is 34.4 Å². The third kappa shape index (κ3) is 3.38. The number of benzene rings is 1. The number of aromatic amines is 2. The van der Waals surface area contributed by atoms with Crippen molar-refractivity contribution in [1.82, 2.24) is 24.5 Å². The molecule has 4 rings (SSSR count). The van der Waals surface area contributed by atoms with Crippen LogP contribution in [0.3, 0.4) is 0 Å². The molecule has 1 aromatic carbocycles. The zero-order chi connectivity index (χ0) is 18.3. The summed E-state index contributed by atoms with van der Waals surface area (Å²) in [6, 6.07) is 9.18. The van der Waals surface area contributed by atoms with Crippen molar-refractivity contribution < 1.29 is 0 Å². The largest absolute Gasteiger partial charge is 0.339 e. The molecule has 2 N–H and O–H groups in total. The van der Waals surface area contributed by atoms with Crippen molar-refractivity contribution in [3.63, 3.8) is 0 Å². The molecule has 0 fully saturated rings. The van der Waals surface area contributed by atoms with Gasteiger partial charge in [0, 0.05) is 34.1 Å². The molecule has 0 radical (unpaired) electrons. The van der Waals surface area contributed by atoms with Crippen LogP contribution in [0, 0.1) is 6.92 Å². The van der Waals surface area contributed by atoms with Gasteiger partial charge in [-0.2, -0.15) is 0 Å². The number of nitrogens with one attached hydrogen (secondary N) is 2. The van der Waals surface area contributed by atoms with Gasteiger partial charge in [0.05, 0.1) is 12.1 Å². The van der Waals surface area contributed by atoms with Gasteiger partial charge in [-0.25, -0.2) is 14.8 Å². The first-order chi connectivity index (χ1) is 12.5. The molecule has 0 saturated carbocycles. The van der Waals surface area contributed by atoms with E-state index in [9.17, 15) is 4.79 Å². The second-order valence-corrected chi connectivity index (χ2v) is 6.98. The van der Waals surface area contributed by atoms with Crippen LogP contribution in [0.5, 0.6) is 0 Å². The Morgan fingerprint density at radius 3 is 2.77 bits per heavy atom. The fraction of sp³-hybridized carbons (Fsp3) is 0.167. The van der Waals surface area contributed by atoms with Crippen molar-refractivity contribution in [2.45, 2.75) is 19.9 Å². The summed E-state index contributed by atoms with van der Waals surface area (Å²) in [4.78, 5) is 27.1. The van der Waals surface area contributed by atoms with Gasteiger partial charge in [-0.15, -0.1) is 0 Å². The Balaban J connectivity index is 1.58. The lowest BCUT2D eigenvalue weighted by molar-refractivity contribution is 0.728. The molecule has 26 heavy (non-hydrogen) atoms. The Kier molecular flexibility index (Phi) is 4.30. The molecule has 0 saturated heterocycles. The molecular weight excluding hydrogens is 373 g/mol. The number of hydrogen-bond acceptors (Lipinski definition) is 3. The van der Waals surface area contributed by atoms with E-state index in [4.69, 9.17) is 23.2 Å². The summed E-state index contributed by atoms with van der Waals surface area (Å²) >= 11 is 12.1. The molecule has 0 amide bonds. The van der Waals surface area contributed by atoms with Gasteiger partial charge in [0.25, 0.3) is 0 Å². The molecule has 0 aliphatic carbocycles. The van der Waals surface area contributed by atoms with Crippen molar-refractivity contribution in [2.24, 2.45) is 0 Å². The minimum Gasteiger partial charge on any atom is -0.339 e. The summed E-state index contributed by atoms with van der Waals surface area (Å²) in [5.74, 6) is 0.676. The quantitative estimate of drug-likeness (QED) is 0.560. The second kappa shape index (κ2) is 6.63. The van der Waals surface area contributed by atoms with Gasteiger partial charge in [0.15, 0.2) is 5.65 Å². The highest BCUT2D eigenvalue weighted by atomic mass is 35.5. The minimum absolute atomic E-state index is 0.199. The number of halogens is 2. The molecule has 0 atom stereocenters. The van der Waals surface area contributed by atoms with E-state index in [0.29, 0.717) is 34.5 Å². The summed E-state index contributed by atoms with van der Waals surface area (Å²) in [6.07, 6.45) is 2.29. The lowest BCUT2D eigenvalue weighted by atomic mass is 10.1. The molecule has 132 valence electrons. The summed E-state index contributed by atoms with van der Waals surface area (Å²) in [5, 5.41) is 1.16. The van der Waals surface area contributed by atoms with Crippen LogP contribution in [0.2, 0.25) is 10.0 Å². The molecule has 0 aliphatic rings. The van der Waals surface area contributed by atoms with Gasteiger partial charge >= 0.3 is 5.69 Å². The van der Waals surface area contributed by atoms with Gasteiger partial charge in [-0.1, -0.05) is 29.3 Å². The predicted molar refractivity (Wildman–Crippen MR) is 102 cm³/mol. The van der Waals surface area contributed by atoms with Crippen LogP contribution in [-0.2, 0) is 13.0 Å². The molecule has 8 heteroatoms. The summed E-state index contributed by atoms with van der Waals surface area (Å²) < 4.78 is 1.57. The number of pyridine rings is 1. The Hall–Kier alpha value is -2.57. The smallest absolute Gasteiger partial charge is 0.326 e. The number of aryl methyl sites for hydroxylation is 1. The zero-order valence-corrected chi connectivity index (χ0v) is 15.4. The van der Waals surface area contributed by atoms with E-state index in [1.165, 1.54) is 0 Å². The summed E-state index contributed by atoms with van der Waals surface area (Å²) in [7, 11) is 0. The van der Waals surface area contributed by atoms with Crippen LogP contribution in [0.1, 0.15) is 22.8 Å². The molecule has 0 bridgehead atoms. The van der Waals surface area contributed by atoms with E-state index >= 15 is 0 Å². The maximum absolute atomic E-state index is 12.2. The standard InChI is InChI=1S/C18H15Cl2N5O/c1-10-2-5-15-17(21-10)24-16(23-15)9-25-8-13(22-18(25)26)6-11-3-4-12(19)7-14(11)20/h2-5,7-8H,6,9H2,1H3,(H,22,26)(H,21,23,24). The van der Waals surface area contributed by atoms with Crippen LogP contribution >= 0.6 is 23.2 Å². The molecule has 3 heterocycles. The highest BCUT2D eigenvalue weighted by molar-refractivity contribution is 6.35. The van der Waals surface area contributed by atoms with Gasteiger partial charge in [0.2, 0.25) is 0 Å². The van der Waals surface area contributed by atoms with E-state index in [0.717, 1.165) is 22.5 Å². The highest BCUT2D eigenvalue weighted by Crippen LogP contribution is 2.22. The number of hydrogen-bond donors (Lipinski definition) is 2. The Bertz CT molecular complexity index is 1160. The van der Waals surface area contributed by atoms with Crippen LogP contribution in [0.25, 0.3) is 11.2 Å². The lowest BCUT2D eigenvalue weighted by Crippen LogP contribution is -2.17. The number of nitrogens with zero attached hydrogens (tertiary/aromatic N) is 3. The van der Waals surface area contributed by atoms with E-state index in [1.54, 1.807) is 22.9 Å². The maximum Gasteiger partial charge on any atom is 0.326 e. The van der Waals surface area contributed by atoms with Crippen LogP contribution in [0.4, 0.5) is 0 Å². The van der Waals surface area contributed by atoms with E-state index < -0.39 is 0 Å². The molecule has 0 aliphatic heterocycles. The van der Waals surface area contributed by atoms with Gasteiger partial charge < -0.3 is 9.97 Å². The van der Waals surface area contributed by atoms with E-state index in [-0.39, 0.29) is 5.69 Å². The highest BCUT2D eigenvalue weighted by Gasteiger charge is 2.10. The Labute approximate surface area is 158 Å². The van der Waals surface area contributed by atoms with Crippen LogP contribution in [0.15, 0.2) is 41.3 Å². The lowest BCUT2D eigenvalue weighted by Gasteiger charge is -2.02. The number of imidazole rings is 2. The maximum atomic E-state index is 12.2. The first-order valence-corrected chi connectivity index (χ1v) is 8.78. The fourth-order valence-electron chi connectivity index (χ4n) is 2.84. The van der Waals surface area contributed by atoms with E-state index in [2.05, 4.69) is 19.9 Å². The van der Waals surface area contributed by atoms with Crippen molar-refractivity contribution in [1.29, 1.82) is 0 Å². The number of aromatic nitrogens is 5. The molecule has 6 nitrogen and oxygen atoms in total. The summed E-state index contributed by atoms with van der Waals surface area (Å²) in [6.45, 7) is 2.25. The normalized spacial score (nSPS) is 11.3. The Morgan fingerprint density at radius 1 is 1.12 bits per heavy atom. The van der Waals surface area contributed by atoms with Crippen LogP contribution < -0.4 is 5.69 Å². The topological polar surface area (TPSA) is 79.4 Å². The average molecular weight is 388 g/mol. The minimum atomic E-state index is -0.199. The average Bonchev–Trinajstić information content (AvgIpc) is 3.13. The SMILES string of the molecule is Cc1ccc2[nH]c(Cn3cc(Cc4ccc(Cl)cc4Cl)[nH]c3=O)nc2n1. The van der Waals surface area contributed by atoms with E-state index in [1.807, 2.05) is 25.1 Å². The monoisotopic (exact) mass is 387 g/mol. The number of fused-ring (bicyclic) bond motifs is 1. The van der Waals surface area contributed by atoms with Crippen molar-refractivity contribution in [3.8, 4) is 0 Å². The second-order valence-electron chi connectivity index (χ2n) is 6.13.